The molecule has 1 atom stereocenters. The van der Waals surface area contributed by atoms with E-state index in [2.05, 4.69) is 22.8 Å². The predicted molar refractivity (Wildman–Crippen MR) is 78.4 cm³/mol. The van der Waals surface area contributed by atoms with Crippen molar-refractivity contribution in [3.8, 4) is 0 Å². The summed E-state index contributed by atoms with van der Waals surface area (Å²) in [5.41, 5.74) is 6.85. The Morgan fingerprint density at radius 2 is 2.00 bits per heavy atom. The Morgan fingerprint density at radius 3 is 2.61 bits per heavy atom. The minimum Gasteiger partial charge on any atom is -0.369 e. The molecule has 4 heteroatoms. The summed E-state index contributed by atoms with van der Waals surface area (Å²) in [4.78, 5) is 4.92. The average Bonchev–Trinajstić information content (AvgIpc) is 2.39. The fraction of sp³-hybridized carbons (Fsp3) is 0.571. The zero-order valence-corrected chi connectivity index (χ0v) is 11.7. The zero-order valence-electron chi connectivity index (χ0n) is 11.0. The van der Waals surface area contributed by atoms with E-state index in [0.717, 1.165) is 44.2 Å². The molecule has 0 radical (unpaired) electrons. The van der Waals surface area contributed by atoms with Gasteiger partial charge in [-0.3, -0.25) is 4.90 Å². The van der Waals surface area contributed by atoms with Crippen LogP contribution in [-0.2, 0) is 0 Å². The van der Waals surface area contributed by atoms with Gasteiger partial charge >= 0.3 is 0 Å². The first-order chi connectivity index (χ1) is 8.70. The first kappa shape index (κ1) is 13.7. The van der Waals surface area contributed by atoms with E-state index in [0.29, 0.717) is 6.04 Å². The van der Waals surface area contributed by atoms with Crippen molar-refractivity contribution in [3.05, 3.63) is 29.3 Å². The van der Waals surface area contributed by atoms with Crippen molar-refractivity contribution < 1.29 is 0 Å². The van der Waals surface area contributed by atoms with Crippen LogP contribution in [0.5, 0.6) is 0 Å². The number of benzene rings is 1. The molecule has 1 fully saturated rings. The number of nitrogens with zero attached hydrogens (tertiary/aromatic N) is 2. The normalized spacial score (nSPS) is 18.9. The third kappa shape index (κ3) is 3.37. The van der Waals surface area contributed by atoms with Crippen molar-refractivity contribution in [2.45, 2.75) is 19.4 Å². The number of piperazine rings is 1. The molecule has 0 aliphatic carbocycles. The molecule has 2 N–H and O–H groups in total. The molecule has 18 heavy (non-hydrogen) atoms. The van der Waals surface area contributed by atoms with E-state index in [1.807, 2.05) is 18.2 Å². The van der Waals surface area contributed by atoms with Gasteiger partial charge in [0.1, 0.15) is 0 Å². The summed E-state index contributed by atoms with van der Waals surface area (Å²) >= 11 is 6.03. The van der Waals surface area contributed by atoms with Gasteiger partial charge in [0, 0.05) is 42.9 Å². The van der Waals surface area contributed by atoms with Crippen LogP contribution in [0.1, 0.15) is 13.3 Å². The van der Waals surface area contributed by atoms with Crippen LogP contribution < -0.4 is 10.6 Å². The van der Waals surface area contributed by atoms with E-state index in [-0.39, 0.29) is 0 Å². The molecule has 1 unspecified atom stereocenters. The second-order valence-electron chi connectivity index (χ2n) is 4.93. The smallest absolute Gasteiger partial charge is 0.0426 e. The van der Waals surface area contributed by atoms with Crippen molar-refractivity contribution in [1.82, 2.24) is 4.90 Å². The standard InChI is InChI=1S/C14H22ClN3/c1-12(5-6-16)17-7-9-18(10-8-17)14-4-2-3-13(15)11-14/h2-4,11-12H,5-10,16H2,1H3. The van der Waals surface area contributed by atoms with E-state index in [4.69, 9.17) is 17.3 Å². The van der Waals surface area contributed by atoms with Gasteiger partial charge in [0.2, 0.25) is 0 Å². The van der Waals surface area contributed by atoms with Crippen molar-refractivity contribution >= 4 is 17.3 Å². The fourth-order valence-corrected chi connectivity index (χ4v) is 2.70. The van der Waals surface area contributed by atoms with Gasteiger partial charge in [0.25, 0.3) is 0 Å². The van der Waals surface area contributed by atoms with E-state index in [1.165, 1.54) is 5.69 Å². The molecule has 1 aromatic carbocycles. The molecular formula is C14H22ClN3. The van der Waals surface area contributed by atoms with Gasteiger partial charge in [0.15, 0.2) is 0 Å². The summed E-state index contributed by atoms with van der Waals surface area (Å²) < 4.78 is 0. The van der Waals surface area contributed by atoms with Crippen LogP contribution in [-0.4, -0.2) is 43.7 Å². The van der Waals surface area contributed by atoms with Gasteiger partial charge in [-0.15, -0.1) is 0 Å². The number of nitrogens with two attached hydrogens (primary N) is 1. The van der Waals surface area contributed by atoms with E-state index >= 15 is 0 Å². The maximum absolute atomic E-state index is 6.03. The number of halogens is 1. The van der Waals surface area contributed by atoms with Gasteiger partial charge in [-0.2, -0.15) is 0 Å². The third-order valence-corrected chi connectivity index (χ3v) is 3.93. The number of hydrogen-bond donors (Lipinski definition) is 1. The summed E-state index contributed by atoms with van der Waals surface area (Å²) in [6, 6.07) is 8.70. The van der Waals surface area contributed by atoms with E-state index < -0.39 is 0 Å². The van der Waals surface area contributed by atoms with Crippen molar-refractivity contribution in [1.29, 1.82) is 0 Å². The lowest BCUT2D eigenvalue weighted by atomic mass is 10.1. The minimum absolute atomic E-state index is 0.594. The van der Waals surface area contributed by atoms with Crippen LogP contribution in [0, 0.1) is 0 Å². The molecule has 100 valence electrons. The maximum atomic E-state index is 6.03. The Hall–Kier alpha value is -0.770. The highest BCUT2D eigenvalue weighted by molar-refractivity contribution is 6.30. The maximum Gasteiger partial charge on any atom is 0.0426 e. The molecule has 1 saturated heterocycles. The topological polar surface area (TPSA) is 32.5 Å². The average molecular weight is 268 g/mol. The van der Waals surface area contributed by atoms with Crippen LogP contribution >= 0.6 is 11.6 Å². The molecule has 0 bridgehead atoms. The highest BCUT2D eigenvalue weighted by Gasteiger charge is 2.20. The Kier molecular flexibility index (Phi) is 4.87. The lowest BCUT2D eigenvalue weighted by Crippen LogP contribution is -2.50. The molecule has 1 aliphatic heterocycles. The summed E-state index contributed by atoms with van der Waals surface area (Å²) in [6.45, 7) is 7.38. The number of anilines is 1. The van der Waals surface area contributed by atoms with E-state index in [1.54, 1.807) is 0 Å². The first-order valence-corrected chi connectivity index (χ1v) is 7.03. The Labute approximate surface area is 115 Å². The van der Waals surface area contributed by atoms with E-state index in [9.17, 15) is 0 Å². The molecule has 2 rings (SSSR count). The summed E-state index contributed by atoms with van der Waals surface area (Å²) in [6.07, 6.45) is 1.08. The van der Waals surface area contributed by atoms with Gasteiger partial charge in [-0.25, -0.2) is 0 Å². The summed E-state index contributed by atoms with van der Waals surface area (Å²) in [7, 11) is 0. The van der Waals surface area contributed by atoms with Gasteiger partial charge in [-0.05, 0) is 38.1 Å². The zero-order chi connectivity index (χ0) is 13.0. The summed E-state index contributed by atoms with van der Waals surface area (Å²) in [5.74, 6) is 0. The lowest BCUT2D eigenvalue weighted by molar-refractivity contribution is 0.190. The van der Waals surface area contributed by atoms with Crippen LogP contribution in [0.4, 0.5) is 5.69 Å². The van der Waals surface area contributed by atoms with Crippen molar-refractivity contribution in [3.63, 3.8) is 0 Å². The van der Waals surface area contributed by atoms with Crippen molar-refractivity contribution in [2.75, 3.05) is 37.6 Å². The van der Waals surface area contributed by atoms with Crippen molar-refractivity contribution in [2.24, 2.45) is 5.73 Å². The molecule has 0 amide bonds. The lowest BCUT2D eigenvalue weighted by Gasteiger charge is -2.39. The fourth-order valence-electron chi connectivity index (χ4n) is 2.52. The Balaban J connectivity index is 1.90. The molecule has 0 spiro atoms. The largest absolute Gasteiger partial charge is 0.369 e. The minimum atomic E-state index is 0.594. The molecule has 0 aromatic heterocycles. The Bertz CT molecular complexity index is 375. The van der Waals surface area contributed by atoms with Crippen LogP contribution in [0.2, 0.25) is 5.02 Å². The van der Waals surface area contributed by atoms with Crippen LogP contribution in [0.3, 0.4) is 0 Å². The quantitative estimate of drug-likeness (QED) is 0.908. The number of hydrogen-bond acceptors (Lipinski definition) is 3. The second kappa shape index (κ2) is 6.41. The van der Waals surface area contributed by atoms with Gasteiger partial charge in [0.05, 0.1) is 0 Å². The van der Waals surface area contributed by atoms with Gasteiger partial charge < -0.3 is 10.6 Å². The van der Waals surface area contributed by atoms with Crippen LogP contribution in [0.15, 0.2) is 24.3 Å². The highest BCUT2D eigenvalue weighted by Crippen LogP contribution is 2.21. The van der Waals surface area contributed by atoms with Crippen LogP contribution in [0.25, 0.3) is 0 Å². The summed E-state index contributed by atoms with van der Waals surface area (Å²) in [5, 5.41) is 0.812. The second-order valence-corrected chi connectivity index (χ2v) is 5.37. The van der Waals surface area contributed by atoms with Gasteiger partial charge in [-0.1, -0.05) is 17.7 Å². The number of rotatable bonds is 4. The highest BCUT2D eigenvalue weighted by atomic mass is 35.5. The molecule has 0 saturated carbocycles. The molecule has 3 nitrogen and oxygen atoms in total. The molecule has 1 heterocycles. The molecular weight excluding hydrogens is 246 g/mol. The Morgan fingerprint density at radius 1 is 1.28 bits per heavy atom. The molecule has 1 aliphatic rings. The predicted octanol–water partition coefficient (Wildman–Crippen LogP) is 2.20. The first-order valence-electron chi connectivity index (χ1n) is 6.65. The third-order valence-electron chi connectivity index (χ3n) is 3.70. The monoisotopic (exact) mass is 267 g/mol. The SMILES string of the molecule is CC(CCN)N1CCN(c2cccc(Cl)c2)CC1. The molecule has 1 aromatic rings.